The van der Waals surface area contributed by atoms with E-state index in [1.54, 1.807) is 25.4 Å². The summed E-state index contributed by atoms with van der Waals surface area (Å²) >= 11 is 0. The van der Waals surface area contributed by atoms with Gasteiger partial charge in [-0.2, -0.15) is 0 Å². The average Bonchev–Trinajstić information content (AvgIpc) is 2.59. The van der Waals surface area contributed by atoms with E-state index in [2.05, 4.69) is 31.7 Å². The third-order valence-electron chi connectivity index (χ3n) is 3.77. The fourth-order valence-corrected chi connectivity index (χ4v) is 2.71. The number of aryl methyl sites for hydroxylation is 3. The van der Waals surface area contributed by atoms with E-state index in [0.717, 1.165) is 22.4 Å². The Balaban J connectivity index is 1.74. The Kier molecular flexibility index (Phi) is 5.22. The third kappa shape index (κ3) is 4.63. The first-order valence-electron chi connectivity index (χ1n) is 8.38. The van der Waals surface area contributed by atoms with Crippen molar-refractivity contribution in [3.8, 4) is 0 Å². The van der Waals surface area contributed by atoms with Gasteiger partial charge in [0.1, 0.15) is 17.3 Å². The van der Waals surface area contributed by atoms with Crippen molar-refractivity contribution in [2.24, 2.45) is 0 Å². The second-order valence-corrected chi connectivity index (χ2v) is 6.23. The largest absolute Gasteiger partial charge is 0.366 e. The molecule has 0 aliphatic carbocycles. The molecule has 0 saturated heterocycles. The van der Waals surface area contributed by atoms with Gasteiger partial charge in [0.25, 0.3) is 5.91 Å². The fourth-order valence-electron chi connectivity index (χ4n) is 2.71. The Morgan fingerprint density at radius 1 is 0.962 bits per heavy atom. The van der Waals surface area contributed by atoms with Crippen LogP contribution >= 0.6 is 0 Å². The minimum absolute atomic E-state index is 0.257. The molecule has 0 radical (unpaired) electrons. The van der Waals surface area contributed by atoms with Gasteiger partial charge in [-0.25, -0.2) is 9.97 Å². The first-order valence-corrected chi connectivity index (χ1v) is 8.38. The summed E-state index contributed by atoms with van der Waals surface area (Å²) in [5.74, 6) is 0.891. The van der Waals surface area contributed by atoms with Crippen molar-refractivity contribution in [2.75, 3.05) is 10.6 Å². The van der Waals surface area contributed by atoms with E-state index >= 15 is 0 Å². The maximum absolute atomic E-state index is 12.6. The van der Waals surface area contributed by atoms with Crippen LogP contribution in [-0.2, 0) is 6.54 Å². The van der Waals surface area contributed by atoms with Gasteiger partial charge in [0.15, 0.2) is 0 Å². The summed E-state index contributed by atoms with van der Waals surface area (Å²) in [6.45, 7) is 6.36. The molecule has 0 unspecified atom stereocenters. The van der Waals surface area contributed by atoms with Gasteiger partial charge in [-0.05, 0) is 61.7 Å². The van der Waals surface area contributed by atoms with Crippen molar-refractivity contribution in [2.45, 2.75) is 27.3 Å². The molecule has 0 bridgehead atoms. The lowest BCUT2D eigenvalue weighted by molar-refractivity contribution is 0.102. The lowest BCUT2D eigenvalue weighted by atomic mass is 10.1. The molecule has 2 aromatic heterocycles. The number of benzene rings is 1. The molecule has 2 heterocycles. The molecule has 6 nitrogen and oxygen atoms in total. The van der Waals surface area contributed by atoms with Crippen molar-refractivity contribution in [1.29, 1.82) is 0 Å². The van der Waals surface area contributed by atoms with Gasteiger partial charge in [0.2, 0.25) is 0 Å². The molecule has 132 valence electrons. The number of pyridine rings is 1. The summed E-state index contributed by atoms with van der Waals surface area (Å²) in [6, 6.07) is 11.4. The number of rotatable bonds is 5. The summed E-state index contributed by atoms with van der Waals surface area (Å²) in [4.78, 5) is 25.2. The van der Waals surface area contributed by atoms with Crippen LogP contribution in [0.4, 0.5) is 11.5 Å². The fraction of sp³-hybridized carbons (Fsp3) is 0.200. The number of hydrogen-bond acceptors (Lipinski definition) is 5. The van der Waals surface area contributed by atoms with Crippen LogP contribution in [-0.4, -0.2) is 20.9 Å². The van der Waals surface area contributed by atoms with Gasteiger partial charge < -0.3 is 10.6 Å². The van der Waals surface area contributed by atoms with Crippen molar-refractivity contribution < 1.29 is 4.79 Å². The van der Waals surface area contributed by atoms with E-state index in [4.69, 9.17) is 0 Å². The zero-order chi connectivity index (χ0) is 18.5. The van der Waals surface area contributed by atoms with Crippen molar-refractivity contribution in [3.63, 3.8) is 0 Å². The summed E-state index contributed by atoms with van der Waals surface area (Å²) in [6.07, 6.45) is 3.48. The van der Waals surface area contributed by atoms with Crippen molar-refractivity contribution >= 4 is 17.4 Å². The van der Waals surface area contributed by atoms with E-state index in [0.29, 0.717) is 23.9 Å². The number of nitrogens with zero attached hydrogens (tertiary/aromatic N) is 3. The number of nitrogens with one attached hydrogen (secondary N) is 2. The molecular weight excluding hydrogens is 326 g/mol. The Morgan fingerprint density at radius 2 is 1.65 bits per heavy atom. The Bertz CT molecular complexity index is 904. The predicted molar refractivity (Wildman–Crippen MR) is 102 cm³/mol. The molecular formula is C20H21N5O. The van der Waals surface area contributed by atoms with Crippen molar-refractivity contribution in [1.82, 2.24) is 15.0 Å². The van der Waals surface area contributed by atoms with Crippen LogP contribution in [0.2, 0.25) is 0 Å². The second-order valence-electron chi connectivity index (χ2n) is 6.23. The molecule has 0 atom stereocenters. The average molecular weight is 347 g/mol. The number of hydrogen-bond donors (Lipinski definition) is 2. The van der Waals surface area contributed by atoms with Gasteiger partial charge in [-0.1, -0.05) is 6.07 Å². The predicted octanol–water partition coefficient (Wildman–Crippen LogP) is 3.66. The van der Waals surface area contributed by atoms with Gasteiger partial charge in [0, 0.05) is 30.7 Å². The van der Waals surface area contributed by atoms with Crippen LogP contribution in [0.15, 0.2) is 48.8 Å². The highest BCUT2D eigenvalue weighted by molar-refractivity contribution is 6.03. The molecule has 1 aromatic carbocycles. The standard InChI is InChI=1S/C20H21N5O/c1-13-8-14(2)10-17(9-13)25-20(26)18-11-19(24-15(3)23-18)22-12-16-4-6-21-7-5-16/h4-11H,12H2,1-3H3,(H,25,26)(H,22,23,24). The first-order chi connectivity index (χ1) is 12.5. The van der Waals surface area contributed by atoms with Crippen LogP contribution in [0.25, 0.3) is 0 Å². The lowest BCUT2D eigenvalue weighted by Gasteiger charge is -2.10. The number of aromatic nitrogens is 3. The molecule has 0 saturated carbocycles. The highest BCUT2D eigenvalue weighted by atomic mass is 16.1. The molecule has 6 heteroatoms. The van der Waals surface area contributed by atoms with Gasteiger partial charge in [-0.3, -0.25) is 9.78 Å². The Hall–Kier alpha value is -3.28. The molecule has 2 N–H and O–H groups in total. The van der Waals surface area contributed by atoms with E-state index in [1.165, 1.54) is 0 Å². The van der Waals surface area contributed by atoms with Crippen LogP contribution < -0.4 is 10.6 Å². The zero-order valence-electron chi connectivity index (χ0n) is 15.1. The second kappa shape index (κ2) is 7.74. The quantitative estimate of drug-likeness (QED) is 0.736. The SMILES string of the molecule is Cc1cc(C)cc(NC(=O)c2cc(NCc3ccncc3)nc(C)n2)c1. The summed E-state index contributed by atoms with van der Waals surface area (Å²) in [5, 5.41) is 6.12. The van der Waals surface area contributed by atoms with Crippen LogP contribution in [0.1, 0.15) is 33.0 Å². The lowest BCUT2D eigenvalue weighted by Crippen LogP contribution is -2.16. The minimum atomic E-state index is -0.257. The minimum Gasteiger partial charge on any atom is -0.366 e. The number of carbonyl (C=O) groups excluding carboxylic acids is 1. The van der Waals surface area contributed by atoms with E-state index in [1.807, 2.05) is 38.1 Å². The first kappa shape index (κ1) is 17.5. The number of anilines is 2. The van der Waals surface area contributed by atoms with E-state index in [-0.39, 0.29) is 5.91 Å². The monoisotopic (exact) mass is 347 g/mol. The topological polar surface area (TPSA) is 79.8 Å². The molecule has 0 aliphatic rings. The highest BCUT2D eigenvalue weighted by Crippen LogP contribution is 2.16. The van der Waals surface area contributed by atoms with Crippen molar-refractivity contribution in [3.05, 3.63) is 77.0 Å². The van der Waals surface area contributed by atoms with Gasteiger partial charge in [0.05, 0.1) is 0 Å². The molecule has 0 spiro atoms. The van der Waals surface area contributed by atoms with Crippen LogP contribution in [0.5, 0.6) is 0 Å². The molecule has 26 heavy (non-hydrogen) atoms. The van der Waals surface area contributed by atoms with Gasteiger partial charge in [-0.15, -0.1) is 0 Å². The van der Waals surface area contributed by atoms with Gasteiger partial charge >= 0.3 is 0 Å². The van der Waals surface area contributed by atoms with Crippen LogP contribution in [0.3, 0.4) is 0 Å². The van der Waals surface area contributed by atoms with Crippen LogP contribution in [0, 0.1) is 20.8 Å². The number of amides is 1. The molecule has 1 amide bonds. The highest BCUT2D eigenvalue weighted by Gasteiger charge is 2.11. The smallest absolute Gasteiger partial charge is 0.274 e. The third-order valence-corrected chi connectivity index (χ3v) is 3.77. The summed E-state index contributed by atoms with van der Waals surface area (Å²) < 4.78 is 0. The molecule has 3 rings (SSSR count). The Morgan fingerprint density at radius 3 is 2.35 bits per heavy atom. The normalized spacial score (nSPS) is 10.4. The zero-order valence-corrected chi connectivity index (χ0v) is 15.1. The summed E-state index contributed by atoms with van der Waals surface area (Å²) in [7, 11) is 0. The maximum atomic E-state index is 12.6. The summed E-state index contributed by atoms with van der Waals surface area (Å²) in [5.41, 5.74) is 4.36. The number of carbonyl (C=O) groups is 1. The Labute approximate surface area is 152 Å². The van der Waals surface area contributed by atoms with E-state index in [9.17, 15) is 4.79 Å². The molecule has 0 fully saturated rings. The maximum Gasteiger partial charge on any atom is 0.274 e. The molecule has 0 aliphatic heterocycles. The van der Waals surface area contributed by atoms with E-state index < -0.39 is 0 Å². The molecule has 3 aromatic rings.